The van der Waals surface area contributed by atoms with E-state index >= 15 is 0 Å². The van der Waals surface area contributed by atoms with Crippen LogP contribution in [-0.4, -0.2) is 55.7 Å². The number of nitrogens with one attached hydrogen (secondary N) is 1. The molecule has 0 aromatic heterocycles. The van der Waals surface area contributed by atoms with Crippen molar-refractivity contribution in [3.63, 3.8) is 0 Å². The molecular formula is C20H21Cl2N3O2S. The minimum atomic E-state index is -0.339. The second-order valence-corrected chi connectivity index (χ2v) is 8.10. The Morgan fingerprint density at radius 2 is 1.71 bits per heavy atom. The Balaban J connectivity index is 1.51. The van der Waals surface area contributed by atoms with Crippen molar-refractivity contribution in [3.8, 4) is 0 Å². The van der Waals surface area contributed by atoms with Crippen LogP contribution < -0.4 is 10.2 Å². The van der Waals surface area contributed by atoms with Crippen molar-refractivity contribution in [2.45, 2.75) is 4.90 Å². The number of carbonyl (C=O) groups is 2. The van der Waals surface area contributed by atoms with Gasteiger partial charge in [-0.3, -0.25) is 9.59 Å². The number of piperazine rings is 1. The second kappa shape index (κ2) is 9.54. The van der Waals surface area contributed by atoms with E-state index in [1.54, 1.807) is 17.0 Å². The molecule has 0 bridgehead atoms. The summed E-state index contributed by atoms with van der Waals surface area (Å²) in [7, 11) is 0. The lowest BCUT2D eigenvalue weighted by Crippen LogP contribution is -2.51. The molecule has 5 nitrogen and oxygen atoms in total. The molecule has 0 aliphatic carbocycles. The van der Waals surface area contributed by atoms with Crippen LogP contribution in [-0.2, 0) is 4.79 Å². The van der Waals surface area contributed by atoms with Crippen LogP contribution in [0.2, 0.25) is 10.0 Å². The quantitative estimate of drug-likeness (QED) is 0.722. The molecule has 0 unspecified atom stereocenters. The Morgan fingerprint density at radius 1 is 1.04 bits per heavy atom. The first kappa shape index (κ1) is 20.8. The largest absolute Gasteiger partial charge is 0.368 e. The van der Waals surface area contributed by atoms with E-state index in [0.717, 1.165) is 23.7 Å². The average Bonchev–Trinajstić information content (AvgIpc) is 2.73. The second-order valence-electron chi connectivity index (χ2n) is 6.37. The van der Waals surface area contributed by atoms with Gasteiger partial charge in [0.05, 0.1) is 17.1 Å². The molecule has 1 heterocycles. The van der Waals surface area contributed by atoms with Gasteiger partial charge in [0.25, 0.3) is 5.91 Å². The maximum absolute atomic E-state index is 12.5. The number of anilines is 1. The van der Waals surface area contributed by atoms with Crippen LogP contribution in [0.15, 0.2) is 47.4 Å². The standard InChI is InChI=1S/C20H21Cl2N3O2S/c1-28-16-6-7-18(22)17(12-16)20(27)23-13-19(26)25-10-8-24(9-11-25)15-4-2-14(21)3-5-15/h2-7,12H,8-11,13H2,1H3,(H,23,27). The summed E-state index contributed by atoms with van der Waals surface area (Å²) in [4.78, 5) is 29.8. The predicted octanol–water partition coefficient (Wildman–Crippen LogP) is 3.79. The van der Waals surface area contributed by atoms with Crippen LogP contribution in [0.4, 0.5) is 5.69 Å². The van der Waals surface area contributed by atoms with Gasteiger partial charge in [0, 0.05) is 41.8 Å². The van der Waals surface area contributed by atoms with Gasteiger partial charge in [0.1, 0.15) is 0 Å². The van der Waals surface area contributed by atoms with Crippen molar-refractivity contribution in [1.82, 2.24) is 10.2 Å². The number of hydrogen-bond acceptors (Lipinski definition) is 4. The molecule has 148 valence electrons. The summed E-state index contributed by atoms with van der Waals surface area (Å²) in [6.45, 7) is 2.66. The van der Waals surface area contributed by atoms with Crippen LogP contribution in [0.5, 0.6) is 0 Å². The first-order valence-corrected chi connectivity index (χ1v) is 10.9. The third-order valence-electron chi connectivity index (χ3n) is 4.64. The minimum absolute atomic E-state index is 0.0421. The molecule has 0 atom stereocenters. The van der Waals surface area contributed by atoms with E-state index in [1.807, 2.05) is 36.6 Å². The summed E-state index contributed by atoms with van der Waals surface area (Å²) >= 11 is 13.6. The van der Waals surface area contributed by atoms with Crippen LogP contribution in [0.1, 0.15) is 10.4 Å². The fourth-order valence-electron chi connectivity index (χ4n) is 3.03. The zero-order valence-electron chi connectivity index (χ0n) is 15.5. The SMILES string of the molecule is CSc1ccc(Cl)c(C(=O)NCC(=O)N2CCN(c3ccc(Cl)cc3)CC2)c1. The molecule has 2 aromatic carbocycles. The Labute approximate surface area is 179 Å². The number of rotatable bonds is 5. The molecule has 28 heavy (non-hydrogen) atoms. The van der Waals surface area contributed by atoms with Crippen LogP contribution >= 0.6 is 35.0 Å². The van der Waals surface area contributed by atoms with E-state index in [-0.39, 0.29) is 18.4 Å². The molecule has 1 aliphatic rings. The molecule has 1 aliphatic heterocycles. The Morgan fingerprint density at radius 3 is 2.36 bits per heavy atom. The molecule has 1 fully saturated rings. The molecule has 2 amide bonds. The number of benzene rings is 2. The Bertz CT molecular complexity index is 853. The maximum atomic E-state index is 12.5. The van der Waals surface area contributed by atoms with Gasteiger partial charge >= 0.3 is 0 Å². The topological polar surface area (TPSA) is 52.7 Å². The molecule has 0 radical (unpaired) electrons. The van der Waals surface area contributed by atoms with Crippen molar-refractivity contribution in [1.29, 1.82) is 0 Å². The van der Waals surface area contributed by atoms with Gasteiger partial charge in [-0.05, 0) is 48.7 Å². The number of amides is 2. The van der Waals surface area contributed by atoms with Gasteiger partial charge in [-0.15, -0.1) is 11.8 Å². The summed E-state index contributed by atoms with van der Waals surface area (Å²) in [5.74, 6) is -0.435. The van der Waals surface area contributed by atoms with Gasteiger partial charge in [-0.25, -0.2) is 0 Å². The van der Waals surface area contributed by atoms with E-state index < -0.39 is 0 Å². The Hall–Kier alpha value is -1.89. The highest BCUT2D eigenvalue weighted by Gasteiger charge is 2.22. The lowest BCUT2D eigenvalue weighted by atomic mass is 10.2. The monoisotopic (exact) mass is 437 g/mol. The zero-order valence-corrected chi connectivity index (χ0v) is 17.8. The highest BCUT2D eigenvalue weighted by molar-refractivity contribution is 7.98. The first-order valence-electron chi connectivity index (χ1n) is 8.88. The van der Waals surface area contributed by atoms with E-state index in [2.05, 4.69) is 10.2 Å². The van der Waals surface area contributed by atoms with E-state index in [9.17, 15) is 9.59 Å². The lowest BCUT2D eigenvalue weighted by molar-refractivity contribution is -0.130. The smallest absolute Gasteiger partial charge is 0.253 e. The molecule has 2 aromatic rings. The summed E-state index contributed by atoms with van der Waals surface area (Å²) in [6, 6.07) is 13.0. The first-order chi connectivity index (χ1) is 13.5. The normalized spacial score (nSPS) is 14.1. The van der Waals surface area contributed by atoms with Gasteiger partial charge in [-0.1, -0.05) is 23.2 Å². The third-order valence-corrected chi connectivity index (χ3v) is 5.95. The third kappa shape index (κ3) is 5.13. The van der Waals surface area contributed by atoms with Crippen LogP contribution in [0.25, 0.3) is 0 Å². The predicted molar refractivity (Wildman–Crippen MR) is 116 cm³/mol. The van der Waals surface area contributed by atoms with Crippen molar-refractivity contribution >= 4 is 52.5 Å². The van der Waals surface area contributed by atoms with Crippen molar-refractivity contribution < 1.29 is 9.59 Å². The van der Waals surface area contributed by atoms with E-state index in [1.165, 1.54) is 11.8 Å². The molecule has 3 rings (SSSR count). The summed E-state index contributed by atoms with van der Waals surface area (Å²) in [5.41, 5.74) is 1.47. The number of thioether (sulfide) groups is 1. The molecule has 0 spiro atoms. The highest BCUT2D eigenvalue weighted by Crippen LogP contribution is 2.23. The molecule has 1 saturated heterocycles. The minimum Gasteiger partial charge on any atom is -0.368 e. The van der Waals surface area contributed by atoms with Gasteiger partial charge in [-0.2, -0.15) is 0 Å². The van der Waals surface area contributed by atoms with Crippen molar-refractivity contribution in [2.24, 2.45) is 0 Å². The number of carbonyl (C=O) groups excluding carboxylic acids is 2. The Kier molecular flexibility index (Phi) is 7.10. The molecule has 0 saturated carbocycles. The maximum Gasteiger partial charge on any atom is 0.253 e. The van der Waals surface area contributed by atoms with Crippen LogP contribution in [0.3, 0.4) is 0 Å². The van der Waals surface area contributed by atoms with Crippen molar-refractivity contribution in [3.05, 3.63) is 58.1 Å². The molecule has 8 heteroatoms. The number of hydrogen-bond donors (Lipinski definition) is 1. The molecule has 1 N–H and O–H groups in total. The number of nitrogens with zero attached hydrogens (tertiary/aromatic N) is 2. The van der Waals surface area contributed by atoms with Gasteiger partial charge in [0.15, 0.2) is 0 Å². The fourth-order valence-corrected chi connectivity index (χ4v) is 3.80. The van der Waals surface area contributed by atoms with Gasteiger partial charge in [0.2, 0.25) is 5.91 Å². The van der Waals surface area contributed by atoms with Gasteiger partial charge < -0.3 is 15.1 Å². The van der Waals surface area contributed by atoms with Crippen LogP contribution in [0, 0.1) is 0 Å². The zero-order chi connectivity index (χ0) is 20.1. The van der Waals surface area contributed by atoms with E-state index in [0.29, 0.717) is 28.7 Å². The van der Waals surface area contributed by atoms with E-state index in [4.69, 9.17) is 23.2 Å². The average molecular weight is 438 g/mol. The highest BCUT2D eigenvalue weighted by atomic mass is 35.5. The van der Waals surface area contributed by atoms with Crippen molar-refractivity contribution in [2.75, 3.05) is 43.9 Å². The summed E-state index contributed by atoms with van der Waals surface area (Å²) in [6.07, 6.45) is 1.93. The number of halogens is 2. The molecular weight excluding hydrogens is 417 g/mol. The lowest BCUT2D eigenvalue weighted by Gasteiger charge is -2.36. The summed E-state index contributed by atoms with van der Waals surface area (Å²) in [5, 5.41) is 3.76. The fraction of sp³-hybridized carbons (Fsp3) is 0.300. The summed E-state index contributed by atoms with van der Waals surface area (Å²) < 4.78 is 0.